The molecule has 2 N–H and O–H groups in total. The highest BCUT2D eigenvalue weighted by molar-refractivity contribution is 5.78. The fraction of sp³-hybridized carbons (Fsp3) is 0.500. The number of nitrogens with one attached hydrogen (secondary N) is 1. The lowest BCUT2D eigenvalue weighted by atomic mass is 10.1. The molecule has 1 aromatic carbocycles. The lowest BCUT2D eigenvalue weighted by Crippen LogP contribution is -2.24. The predicted octanol–water partition coefficient (Wildman–Crippen LogP) is 2.75. The zero-order valence-corrected chi connectivity index (χ0v) is 10.8. The first kappa shape index (κ1) is 12.7. The molecule has 4 nitrogen and oxygen atoms in total. The first-order valence-electron chi connectivity index (χ1n) is 6.26. The summed E-state index contributed by atoms with van der Waals surface area (Å²) in [5.41, 5.74) is 0.295. The van der Waals surface area contributed by atoms with Gasteiger partial charge >= 0.3 is 5.97 Å². The third-order valence-corrected chi connectivity index (χ3v) is 3.17. The van der Waals surface area contributed by atoms with Crippen LogP contribution in [0.25, 0.3) is 0 Å². The van der Waals surface area contributed by atoms with Gasteiger partial charge in [-0.3, -0.25) is 4.79 Å². The number of carbonyl (C=O) groups is 1. The minimum Gasteiger partial charge on any atom is -0.489 e. The zero-order valence-electron chi connectivity index (χ0n) is 10.8. The van der Waals surface area contributed by atoms with Crippen LogP contribution >= 0.6 is 0 Å². The summed E-state index contributed by atoms with van der Waals surface area (Å²) in [6.45, 7) is 4.40. The van der Waals surface area contributed by atoms with Crippen molar-refractivity contribution < 1.29 is 14.6 Å². The maximum atomic E-state index is 11.1. The molecule has 1 aromatic rings. The highest BCUT2D eigenvalue weighted by Crippen LogP contribution is 2.46. The minimum atomic E-state index is -0.711. The third kappa shape index (κ3) is 2.75. The van der Waals surface area contributed by atoms with Gasteiger partial charge in [0.1, 0.15) is 5.75 Å². The van der Waals surface area contributed by atoms with Crippen LogP contribution in [0.5, 0.6) is 5.75 Å². The van der Waals surface area contributed by atoms with E-state index in [-0.39, 0.29) is 6.10 Å². The lowest BCUT2D eigenvalue weighted by molar-refractivity contribution is -0.142. The van der Waals surface area contributed by atoms with Crippen molar-refractivity contribution in [3.63, 3.8) is 0 Å². The molecule has 0 radical (unpaired) electrons. The van der Waals surface area contributed by atoms with Crippen LogP contribution in [0.2, 0.25) is 0 Å². The highest BCUT2D eigenvalue weighted by atomic mass is 16.5. The van der Waals surface area contributed by atoms with Gasteiger partial charge in [0.25, 0.3) is 0 Å². The van der Waals surface area contributed by atoms with Crippen LogP contribution in [0, 0.1) is 5.41 Å². The van der Waals surface area contributed by atoms with Gasteiger partial charge in [-0.1, -0.05) is 12.1 Å². The number of hydrogen-bond donors (Lipinski definition) is 2. The first-order valence-corrected chi connectivity index (χ1v) is 6.26. The maximum absolute atomic E-state index is 11.1. The predicted molar refractivity (Wildman–Crippen MR) is 70.0 cm³/mol. The number of carboxylic acid groups (broad SMARTS) is 1. The Morgan fingerprint density at radius 2 is 2.11 bits per heavy atom. The Bertz CT molecular complexity index is 438. The number of hydrogen-bond acceptors (Lipinski definition) is 3. The number of rotatable bonds is 6. The summed E-state index contributed by atoms with van der Waals surface area (Å²) in [5.74, 6) is 0.0611. The summed E-state index contributed by atoms with van der Waals surface area (Å²) in [6, 6.07) is 7.63. The highest BCUT2D eigenvalue weighted by Gasteiger charge is 2.50. The van der Waals surface area contributed by atoms with E-state index in [0.29, 0.717) is 6.54 Å². The van der Waals surface area contributed by atoms with Crippen LogP contribution in [0.3, 0.4) is 0 Å². The summed E-state index contributed by atoms with van der Waals surface area (Å²) in [7, 11) is 0. The van der Waals surface area contributed by atoms with E-state index in [9.17, 15) is 4.79 Å². The molecule has 0 bridgehead atoms. The molecule has 1 aliphatic rings. The monoisotopic (exact) mass is 249 g/mol. The largest absolute Gasteiger partial charge is 0.489 e. The fourth-order valence-corrected chi connectivity index (χ4v) is 1.85. The summed E-state index contributed by atoms with van der Waals surface area (Å²) < 4.78 is 5.68. The maximum Gasteiger partial charge on any atom is 0.311 e. The lowest BCUT2D eigenvalue weighted by Gasteiger charge is -2.17. The van der Waals surface area contributed by atoms with E-state index in [1.165, 1.54) is 0 Å². The molecule has 0 spiro atoms. The molecule has 1 fully saturated rings. The van der Waals surface area contributed by atoms with E-state index < -0.39 is 11.4 Å². The van der Waals surface area contributed by atoms with Crippen LogP contribution < -0.4 is 10.1 Å². The summed E-state index contributed by atoms with van der Waals surface area (Å²) >= 11 is 0. The molecule has 98 valence electrons. The van der Waals surface area contributed by atoms with Gasteiger partial charge in [-0.05, 0) is 38.8 Å². The van der Waals surface area contributed by atoms with Gasteiger partial charge in [-0.25, -0.2) is 0 Å². The number of benzene rings is 1. The molecule has 18 heavy (non-hydrogen) atoms. The zero-order chi connectivity index (χ0) is 13.2. The number of aliphatic carboxylic acids is 1. The van der Waals surface area contributed by atoms with Crippen molar-refractivity contribution in [3.8, 4) is 5.75 Å². The van der Waals surface area contributed by atoms with E-state index in [4.69, 9.17) is 9.84 Å². The van der Waals surface area contributed by atoms with Crippen molar-refractivity contribution >= 4 is 11.7 Å². The van der Waals surface area contributed by atoms with E-state index in [0.717, 1.165) is 24.3 Å². The third-order valence-electron chi connectivity index (χ3n) is 3.17. The van der Waals surface area contributed by atoms with Gasteiger partial charge in [-0.15, -0.1) is 0 Å². The average molecular weight is 249 g/mol. The van der Waals surface area contributed by atoms with Gasteiger partial charge in [0.15, 0.2) is 0 Å². The van der Waals surface area contributed by atoms with Gasteiger partial charge < -0.3 is 15.2 Å². The molecule has 0 aromatic heterocycles. The van der Waals surface area contributed by atoms with Gasteiger partial charge in [0.05, 0.1) is 17.2 Å². The molecule has 0 amide bonds. The summed E-state index contributed by atoms with van der Waals surface area (Å²) in [4.78, 5) is 11.1. The quantitative estimate of drug-likeness (QED) is 0.814. The van der Waals surface area contributed by atoms with E-state index in [2.05, 4.69) is 5.32 Å². The van der Waals surface area contributed by atoms with Crippen LogP contribution in [-0.2, 0) is 4.79 Å². The van der Waals surface area contributed by atoms with Gasteiger partial charge in [-0.2, -0.15) is 0 Å². The van der Waals surface area contributed by atoms with Crippen LogP contribution in [0.1, 0.15) is 26.7 Å². The molecule has 4 heteroatoms. The molecule has 1 saturated carbocycles. The van der Waals surface area contributed by atoms with Gasteiger partial charge in [0, 0.05) is 6.54 Å². The Labute approximate surface area is 107 Å². The van der Waals surface area contributed by atoms with Crippen molar-refractivity contribution in [1.29, 1.82) is 0 Å². The van der Waals surface area contributed by atoms with Crippen molar-refractivity contribution in [1.82, 2.24) is 0 Å². The van der Waals surface area contributed by atoms with Crippen LogP contribution in [-0.4, -0.2) is 23.7 Å². The second-order valence-corrected chi connectivity index (χ2v) is 5.10. The van der Waals surface area contributed by atoms with Gasteiger partial charge in [0.2, 0.25) is 0 Å². The molecule has 2 rings (SSSR count). The molecule has 1 aliphatic carbocycles. The number of carboxylic acids is 1. The molecule has 0 atom stereocenters. The Morgan fingerprint density at radius 3 is 2.67 bits per heavy atom. The van der Waals surface area contributed by atoms with Crippen LogP contribution in [0.15, 0.2) is 24.3 Å². The molecular formula is C14H19NO3. The molecule has 0 unspecified atom stereocenters. The summed E-state index contributed by atoms with van der Waals surface area (Å²) in [5, 5.41) is 12.3. The average Bonchev–Trinajstić information content (AvgIpc) is 3.08. The van der Waals surface area contributed by atoms with Crippen LogP contribution in [0.4, 0.5) is 5.69 Å². The normalized spacial score (nSPS) is 16.4. The van der Waals surface area contributed by atoms with E-state index in [1.807, 2.05) is 38.1 Å². The van der Waals surface area contributed by atoms with E-state index >= 15 is 0 Å². The SMILES string of the molecule is CC(C)Oc1ccccc1NCC1(C(=O)O)CC1. The Hall–Kier alpha value is -1.71. The van der Waals surface area contributed by atoms with E-state index in [1.54, 1.807) is 0 Å². The fourth-order valence-electron chi connectivity index (χ4n) is 1.85. The molecular weight excluding hydrogens is 230 g/mol. The summed E-state index contributed by atoms with van der Waals surface area (Å²) in [6.07, 6.45) is 1.60. The second-order valence-electron chi connectivity index (χ2n) is 5.10. The topological polar surface area (TPSA) is 58.6 Å². The van der Waals surface area contributed by atoms with Crippen molar-refractivity contribution in [2.75, 3.05) is 11.9 Å². The smallest absolute Gasteiger partial charge is 0.311 e. The van der Waals surface area contributed by atoms with Crippen molar-refractivity contribution in [3.05, 3.63) is 24.3 Å². The number of para-hydroxylation sites is 2. The second kappa shape index (κ2) is 4.88. The molecule has 0 heterocycles. The minimum absolute atomic E-state index is 0.0994. The first-order chi connectivity index (χ1) is 8.53. The number of anilines is 1. The Balaban J connectivity index is 2.03. The van der Waals surface area contributed by atoms with Crippen molar-refractivity contribution in [2.45, 2.75) is 32.8 Å². The molecule has 0 aliphatic heterocycles. The Morgan fingerprint density at radius 1 is 1.44 bits per heavy atom. The van der Waals surface area contributed by atoms with Crippen molar-refractivity contribution in [2.24, 2.45) is 5.41 Å². The molecule has 0 saturated heterocycles. The standard InChI is InChI=1S/C14H19NO3/c1-10(2)18-12-6-4-3-5-11(12)15-9-14(7-8-14)13(16)17/h3-6,10,15H,7-9H2,1-2H3,(H,16,17). The Kier molecular flexibility index (Phi) is 3.45. The number of ether oxygens (including phenoxy) is 1.